The molecule has 1 aromatic rings. The van der Waals surface area contributed by atoms with Crippen LogP contribution >= 0.6 is 15.9 Å². The Morgan fingerprint density at radius 3 is 2.80 bits per heavy atom. The molecule has 0 amide bonds. The van der Waals surface area contributed by atoms with Crippen molar-refractivity contribution in [3.8, 4) is 0 Å². The number of likely N-dealkylation sites (tertiary alicyclic amines) is 1. The maximum absolute atomic E-state index is 12.5. The molecule has 2 rings (SSSR count). The molecule has 1 atom stereocenters. The van der Waals surface area contributed by atoms with Crippen molar-refractivity contribution >= 4 is 26.0 Å². The summed E-state index contributed by atoms with van der Waals surface area (Å²) in [7, 11) is 0.344. The molecule has 112 valence electrons. The standard InChI is InChI=1S/C13H20BrN3O2S/c1-15-8-10-3-4-12(14)13(7-10)20(18,19)16-11-5-6-17(2)9-11/h3-4,7,11,15-16H,5-6,8-9H2,1-2H3. The minimum atomic E-state index is -3.49. The SMILES string of the molecule is CNCc1ccc(Br)c(S(=O)(=O)NC2CCN(C)C2)c1. The van der Waals surface area contributed by atoms with Gasteiger partial charge >= 0.3 is 0 Å². The third kappa shape index (κ3) is 3.79. The highest BCUT2D eigenvalue weighted by molar-refractivity contribution is 9.10. The highest BCUT2D eigenvalue weighted by atomic mass is 79.9. The van der Waals surface area contributed by atoms with Crippen molar-refractivity contribution in [2.24, 2.45) is 0 Å². The number of sulfonamides is 1. The van der Waals surface area contributed by atoms with Gasteiger partial charge in [0.15, 0.2) is 0 Å². The lowest BCUT2D eigenvalue weighted by Gasteiger charge is -2.15. The molecule has 1 unspecified atom stereocenters. The summed E-state index contributed by atoms with van der Waals surface area (Å²) in [5.74, 6) is 0. The first-order valence-corrected chi connectivity index (χ1v) is 8.84. The first-order chi connectivity index (χ1) is 9.42. The van der Waals surface area contributed by atoms with E-state index in [1.807, 2.05) is 20.2 Å². The van der Waals surface area contributed by atoms with Gasteiger partial charge in [-0.25, -0.2) is 13.1 Å². The van der Waals surface area contributed by atoms with Crippen LogP contribution in [0.1, 0.15) is 12.0 Å². The van der Waals surface area contributed by atoms with Gasteiger partial charge in [-0.3, -0.25) is 0 Å². The van der Waals surface area contributed by atoms with E-state index in [9.17, 15) is 8.42 Å². The number of rotatable bonds is 5. The van der Waals surface area contributed by atoms with Crippen molar-refractivity contribution in [1.29, 1.82) is 0 Å². The van der Waals surface area contributed by atoms with Gasteiger partial charge in [-0.05, 0) is 60.7 Å². The Balaban J connectivity index is 2.22. The quantitative estimate of drug-likeness (QED) is 0.825. The normalized spacial score (nSPS) is 20.4. The van der Waals surface area contributed by atoms with Crippen LogP contribution in [-0.2, 0) is 16.6 Å². The average molecular weight is 362 g/mol. The maximum atomic E-state index is 12.5. The molecular weight excluding hydrogens is 342 g/mol. The molecule has 0 aliphatic carbocycles. The van der Waals surface area contributed by atoms with E-state index >= 15 is 0 Å². The van der Waals surface area contributed by atoms with E-state index in [0.29, 0.717) is 15.9 Å². The summed E-state index contributed by atoms with van der Waals surface area (Å²) in [6, 6.07) is 5.39. The topological polar surface area (TPSA) is 61.4 Å². The van der Waals surface area contributed by atoms with Gasteiger partial charge in [0.2, 0.25) is 10.0 Å². The Bertz CT molecular complexity index is 577. The molecule has 1 saturated heterocycles. The number of likely N-dealkylation sites (N-methyl/N-ethyl adjacent to an activating group) is 1. The van der Waals surface area contributed by atoms with Crippen molar-refractivity contribution in [2.75, 3.05) is 27.2 Å². The van der Waals surface area contributed by atoms with Gasteiger partial charge in [0.05, 0.1) is 4.90 Å². The zero-order valence-corrected chi connectivity index (χ0v) is 14.1. The lowest BCUT2D eigenvalue weighted by atomic mass is 10.2. The van der Waals surface area contributed by atoms with Crippen molar-refractivity contribution in [3.63, 3.8) is 0 Å². The molecule has 1 fully saturated rings. The molecule has 1 aliphatic rings. The van der Waals surface area contributed by atoms with Crippen molar-refractivity contribution in [3.05, 3.63) is 28.2 Å². The van der Waals surface area contributed by atoms with Crippen molar-refractivity contribution in [1.82, 2.24) is 14.9 Å². The molecule has 5 nitrogen and oxygen atoms in total. The summed E-state index contributed by atoms with van der Waals surface area (Å²) < 4.78 is 28.4. The average Bonchev–Trinajstić information content (AvgIpc) is 2.76. The maximum Gasteiger partial charge on any atom is 0.241 e. The molecule has 2 N–H and O–H groups in total. The molecule has 1 heterocycles. The minimum Gasteiger partial charge on any atom is -0.316 e. The third-order valence-corrected chi connectivity index (χ3v) is 5.89. The number of hydrogen-bond acceptors (Lipinski definition) is 4. The van der Waals surface area contributed by atoms with Gasteiger partial charge in [-0.1, -0.05) is 6.07 Å². The van der Waals surface area contributed by atoms with Gasteiger partial charge in [-0.15, -0.1) is 0 Å². The van der Waals surface area contributed by atoms with Gasteiger partial charge in [-0.2, -0.15) is 0 Å². The van der Waals surface area contributed by atoms with Crippen molar-refractivity contribution < 1.29 is 8.42 Å². The Morgan fingerprint density at radius 1 is 1.45 bits per heavy atom. The van der Waals surface area contributed by atoms with Gasteiger partial charge in [0.1, 0.15) is 0 Å². The predicted molar refractivity (Wildman–Crippen MR) is 83.1 cm³/mol. The molecule has 0 saturated carbocycles. The predicted octanol–water partition coefficient (Wildman–Crippen LogP) is 1.15. The van der Waals surface area contributed by atoms with E-state index in [4.69, 9.17) is 0 Å². The summed E-state index contributed by atoms with van der Waals surface area (Å²) in [5, 5.41) is 3.02. The largest absolute Gasteiger partial charge is 0.316 e. The van der Waals surface area contributed by atoms with E-state index in [1.54, 1.807) is 12.1 Å². The smallest absolute Gasteiger partial charge is 0.241 e. The zero-order valence-electron chi connectivity index (χ0n) is 11.7. The van der Waals surface area contributed by atoms with E-state index < -0.39 is 10.0 Å². The minimum absolute atomic E-state index is 0.00939. The first kappa shape index (κ1) is 15.9. The van der Waals surface area contributed by atoms with Crippen molar-refractivity contribution in [2.45, 2.75) is 23.9 Å². The number of halogens is 1. The highest BCUT2D eigenvalue weighted by Crippen LogP contribution is 2.24. The van der Waals surface area contributed by atoms with E-state index in [0.717, 1.165) is 25.1 Å². The summed E-state index contributed by atoms with van der Waals surface area (Å²) in [6.45, 7) is 2.32. The van der Waals surface area contributed by atoms with Crippen LogP contribution < -0.4 is 10.0 Å². The molecule has 0 aromatic heterocycles. The molecule has 1 aliphatic heterocycles. The van der Waals surface area contributed by atoms with Gasteiger partial charge < -0.3 is 10.2 Å². The first-order valence-electron chi connectivity index (χ1n) is 6.56. The third-order valence-electron chi connectivity index (χ3n) is 3.38. The molecule has 1 aromatic carbocycles. The van der Waals surface area contributed by atoms with E-state index in [2.05, 4.69) is 30.9 Å². The zero-order chi connectivity index (χ0) is 14.8. The van der Waals surface area contributed by atoms with E-state index in [-0.39, 0.29) is 6.04 Å². The Labute approximate surface area is 128 Å². The van der Waals surface area contributed by atoms with Crippen LogP contribution in [0.4, 0.5) is 0 Å². The van der Waals surface area contributed by atoms with Crippen LogP contribution in [-0.4, -0.2) is 46.5 Å². The Morgan fingerprint density at radius 2 is 2.20 bits per heavy atom. The van der Waals surface area contributed by atoms with Crippen LogP contribution in [0, 0.1) is 0 Å². The summed E-state index contributed by atoms with van der Waals surface area (Å²) in [4.78, 5) is 2.43. The Kier molecular flexibility index (Phi) is 5.19. The second-order valence-electron chi connectivity index (χ2n) is 5.16. The molecule has 20 heavy (non-hydrogen) atoms. The highest BCUT2D eigenvalue weighted by Gasteiger charge is 2.26. The molecule has 0 radical (unpaired) electrons. The lowest BCUT2D eigenvalue weighted by Crippen LogP contribution is -2.36. The molecule has 0 spiro atoms. The monoisotopic (exact) mass is 361 g/mol. The van der Waals surface area contributed by atoms with Gasteiger partial charge in [0, 0.05) is 23.6 Å². The van der Waals surface area contributed by atoms with Crippen LogP contribution in [0.3, 0.4) is 0 Å². The van der Waals surface area contributed by atoms with Crippen LogP contribution in [0.5, 0.6) is 0 Å². The molecule has 0 bridgehead atoms. The summed E-state index contributed by atoms with van der Waals surface area (Å²) >= 11 is 3.33. The second kappa shape index (κ2) is 6.53. The fraction of sp³-hybridized carbons (Fsp3) is 0.538. The fourth-order valence-corrected chi connectivity index (χ4v) is 4.66. The van der Waals surface area contributed by atoms with Gasteiger partial charge in [0.25, 0.3) is 0 Å². The number of benzene rings is 1. The number of nitrogens with zero attached hydrogens (tertiary/aromatic N) is 1. The Hall–Kier alpha value is -0.470. The lowest BCUT2D eigenvalue weighted by molar-refractivity contribution is 0.407. The fourth-order valence-electron chi connectivity index (χ4n) is 2.38. The van der Waals surface area contributed by atoms with Crippen LogP contribution in [0.25, 0.3) is 0 Å². The molecular formula is C13H20BrN3O2S. The number of hydrogen-bond donors (Lipinski definition) is 2. The summed E-state index contributed by atoms with van der Waals surface area (Å²) in [5.41, 5.74) is 0.944. The molecule has 7 heteroatoms. The van der Waals surface area contributed by atoms with E-state index in [1.165, 1.54) is 0 Å². The van der Waals surface area contributed by atoms with Crippen LogP contribution in [0.2, 0.25) is 0 Å². The second-order valence-corrected chi connectivity index (χ2v) is 7.70. The summed E-state index contributed by atoms with van der Waals surface area (Å²) in [6.07, 6.45) is 0.851. The number of nitrogens with one attached hydrogen (secondary N) is 2. The van der Waals surface area contributed by atoms with Crippen LogP contribution in [0.15, 0.2) is 27.6 Å².